The highest BCUT2D eigenvalue weighted by Gasteiger charge is 2.18. The van der Waals surface area contributed by atoms with E-state index in [-0.39, 0.29) is 31.1 Å². The molecular weight excluding hydrogens is 380 g/mol. The molecule has 0 aromatic heterocycles. The molecule has 2 atom stereocenters. The van der Waals surface area contributed by atoms with E-state index >= 15 is 0 Å². The van der Waals surface area contributed by atoms with Gasteiger partial charge in [0.25, 0.3) is 0 Å². The molecule has 0 spiro atoms. The first kappa shape index (κ1) is 23.7. The first-order valence-electron chi connectivity index (χ1n) is 10.9. The van der Waals surface area contributed by atoms with Crippen LogP contribution in [-0.2, 0) is 19.1 Å². The van der Waals surface area contributed by atoms with Crippen molar-refractivity contribution in [2.24, 2.45) is 5.92 Å². The lowest BCUT2D eigenvalue weighted by atomic mass is 9.98. The van der Waals surface area contributed by atoms with Crippen LogP contribution in [0.5, 0.6) is 5.75 Å². The number of ether oxygens (including phenoxy) is 3. The SMILES string of the molecule is CCCCCCC(C)C(=O)OCCOC(=O)C(C)c1ccc2cc(OC)ccc2c1. The number of fused-ring (bicyclic) bond motifs is 1. The van der Waals surface area contributed by atoms with Crippen LogP contribution in [0.2, 0.25) is 0 Å². The first-order chi connectivity index (χ1) is 14.5. The van der Waals surface area contributed by atoms with Gasteiger partial charge in [-0.1, -0.05) is 63.8 Å². The molecular formula is C25H34O5. The second kappa shape index (κ2) is 12.2. The number of hydrogen-bond acceptors (Lipinski definition) is 5. The summed E-state index contributed by atoms with van der Waals surface area (Å²) in [5.74, 6) is -0.267. The Morgan fingerprint density at radius 3 is 2.23 bits per heavy atom. The van der Waals surface area contributed by atoms with Crippen LogP contribution in [0.25, 0.3) is 10.8 Å². The summed E-state index contributed by atoms with van der Waals surface area (Å²) in [7, 11) is 1.64. The molecule has 0 radical (unpaired) electrons. The van der Waals surface area contributed by atoms with Crippen LogP contribution in [0.4, 0.5) is 0 Å². The number of carbonyl (C=O) groups excluding carboxylic acids is 2. The summed E-state index contributed by atoms with van der Waals surface area (Å²) in [6.45, 7) is 6.03. The van der Waals surface area contributed by atoms with E-state index in [0.717, 1.165) is 41.3 Å². The summed E-state index contributed by atoms with van der Waals surface area (Å²) >= 11 is 0. The highest BCUT2D eigenvalue weighted by Crippen LogP contribution is 2.25. The summed E-state index contributed by atoms with van der Waals surface area (Å²) in [6.07, 6.45) is 5.39. The lowest BCUT2D eigenvalue weighted by Crippen LogP contribution is -2.20. The fourth-order valence-corrected chi connectivity index (χ4v) is 3.32. The molecule has 5 heteroatoms. The molecule has 0 N–H and O–H groups in total. The Morgan fingerprint density at radius 1 is 0.867 bits per heavy atom. The fourth-order valence-electron chi connectivity index (χ4n) is 3.32. The number of benzene rings is 2. The summed E-state index contributed by atoms with van der Waals surface area (Å²) in [6, 6.07) is 11.7. The van der Waals surface area contributed by atoms with E-state index in [2.05, 4.69) is 6.92 Å². The van der Waals surface area contributed by atoms with Crippen molar-refractivity contribution in [1.82, 2.24) is 0 Å². The van der Waals surface area contributed by atoms with Gasteiger partial charge < -0.3 is 14.2 Å². The summed E-state index contributed by atoms with van der Waals surface area (Å²) in [5, 5.41) is 2.09. The highest BCUT2D eigenvalue weighted by atomic mass is 16.6. The largest absolute Gasteiger partial charge is 0.497 e. The predicted molar refractivity (Wildman–Crippen MR) is 119 cm³/mol. The third-order valence-electron chi connectivity index (χ3n) is 5.39. The van der Waals surface area contributed by atoms with Gasteiger partial charge in [-0.05, 0) is 41.8 Å². The first-order valence-corrected chi connectivity index (χ1v) is 10.9. The minimum absolute atomic E-state index is 0.0717. The van der Waals surface area contributed by atoms with Crippen molar-refractivity contribution in [3.8, 4) is 5.75 Å². The van der Waals surface area contributed by atoms with E-state index in [1.54, 1.807) is 7.11 Å². The molecule has 0 saturated carbocycles. The van der Waals surface area contributed by atoms with Crippen molar-refractivity contribution >= 4 is 22.7 Å². The summed E-state index contributed by atoms with van der Waals surface area (Å²) in [5.41, 5.74) is 0.885. The summed E-state index contributed by atoms with van der Waals surface area (Å²) < 4.78 is 15.8. The van der Waals surface area contributed by atoms with E-state index in [9.17, 15) is 9.59 Å². The normalized spacial score (nSPS) is 12.9. The average molecular weight is 415 g/mol. The van der Waals surface area contributed by atoms with E-state index in [1.807, 2.05) is 50.2 Å². The smallest absolute Gasteiger partial charge is 0.313 e. The van der Waals surface area contributed by atoms with E-state index in [4.69, 9.17) is 14.2 Å². The monoisotopic (exact) mass is 414 g/mol. The Balaban J connectivity index is 1.76. The standard InChI is InChI=1S/C25H34O5/c1-5-6-7-8-9-18(2)24(26)29-14-15-30-25(27)19(3)20-10-11-22-17-23(28-4)13-12-21(22)16-20/h10-13,16-19H,5-9,14-15H2,1-4H3. The zero-order valence-electron chi connectivity index (χ0n) is 18.6. The zero-order valence-corrected chi connectivity index (χ0v) is 18.6. The molecule has 164 valence electrons. The predicted octanol–water partition coefficient (Wildman–Crippen LogP) is 5.64. The lowest BCUT2D eigenvalue weighted by molar-refractivity contribution is -0.155. The van der Waals surface area contributed by atoms with E-state index < -0.39 is 5.92 Å². The molecule has 0 aliphatic rings. The number of hydrogen-bond donors (Lipinski definition) is 0. The Labute approximate surface area is 179 Å². The van der Waals surface area contributed by atoms with Gasteiger partial charge in [0, 0.05) is 0 Å². The molecule has 2 aromatic rings. The van der Waals surface area contributed by atoms with Gasteiger partial charge in [0.1, 0.15) is 19.0 Å². The average Bonchev–Trinajstić information content (AvgIpc) is 2.77. The molecule has 0 heterocycles. The van der Waals surface area contributed by atoms with Gasteiger partial charge in [-0.3, -0.25) is 9.59 Å². The Bertz CT molecular complexity index is 829. The maximum atomic E-state index is 12.4. The number of esters is 2. The minimum Gasteiger partial charge on any atom is -0.497 e. The highest BCUT2D eigenvalue weighted by molar-refractivity contribution is 5.86. The fraction of sp³-hybridized carbons (Fsp3) is 0.520. The molecule has 5 nitrogen and oxygen atoms in total. The van der Waals surface area contributed by atoms with Gasteiger partial charge in [-0.2, -0.15) is 0 Å². The van der Waals surface area contributed by atoms with Gasteiger partial charge in [-0.25, -0.2) is 0 Å². The zero-order chi connectivity index (χ0) is 21.9. The lowest BCUT2D eigenvalue weighted by Gasteiger charge is -2.14. The van der Waals surface area contributed by atoms with Crippen molar-refractivity contribution in [3.05, 3.63) is 42.0 Å². The van der Waals surface area contributed by atoms with Crippen molar-refractivity contribution in [3.63, 3.8) is 0 Å². The molecule has 0 saturated heterocycles. The number of rotatable bonds is 12. The number of carbonyl (C=O) groups is 2. The molecule has 2 rings (SSSR count). The van der Waals surface area contributed by atoms with Crippen LogP contribution in [0, 0.1) is 5.92 Å². The van der Waals surface area contributed by atoms with Crippen LogP contribution < -0.4 is 4.74 Å². The van der Waals surface area contributed by atoms with E-state index in [1.165, 1.54) is 12.8 Å². The van der Waals surface area contributed by atoms with Crippen molar-refractivity contribution in [2.75, 3.05) is 20.3 Å². The second-order valence-corrected chi connectivity index (χ2v) is 7.78. The van der Waals surface area contributed by atoms with Gasteiger partial charge >= 0.3 is 11.9 Å². The Kier molecular flexibility index (Phi) is 9.65. The van der Waals surface area contributed by atoms with E-state index in [0.29, 0.717) is 0 Å². The molecule has 0 amide bonds. The molecule has 0 aliphatic carbocycles. The third-order valence-corrected chi connectivity index (χ3v) is 5.39. The van der Waals surface area contributed by atoms with Crippen LogP contribution in [0.3, 0.4) is 0 Å². The van der Waals surface area contributed by atoms with Crippen molar-refractivity contribution in [1.29, 1.82) is 0 Å². The number of unbranched alkanes of at least 4 members (excludes halogenated alkanes) is 3. The van der Waals surface area contributed by atoms with Crippen molar-refractivity contribution < 1.29 is 23.8 Å². The molecule has 30 heavy (non-hydrogen) atoms. The quantitative estimate of drug-likeness (QED) is 0.332. The van der Waals surface area contributed by atoms with Crippen LogP contribution >= 0.6 is 0 Å². The molecule has 2 aromatic carbocycles. The topological polar surface area (TPSA) is 61.8 Å². The van der Waals surface area contributed by atoms with Crippen LogP contribution in [0.15, 0.2) is 36.4 Å². The minimum atomic E-state index is -0.398. The number of methoxy groups -OCH3 is 1. The molecule has 0 bridgehead atoms. The van der Waals surface area contributed by atoms with Gasteiger partial charge in [0.15, 0.2) is 0 Å². The molecule has 0 aliphatic heterocycles. The van der Waals surface area contributed by atoms with Crippen LogP contribution in [-0.4, -0.2) is 32.3 Å². The van der Waals surface area contributed by atoms with Gasteiger partial charge in [0.05, 0.1) is 18.9 Å². The van der Waals surface area contributed by atoms with Crippen molar-refractivity contribution in [2.45, 2.75) is 58.8 Å². The maximum Gasteiger partial charge on any atom is 0.313 e. The second-order valence-electron chi connectivity index (χ2n) is 7.78. The Morgan fingerprint density at radius 2 is 1.53 bits per heavy atom. The molecule has 0 fully saturated rings. The summed E-state index contributed by atoms with van der Waals surface area (Å²) in [4.78, 5) is 24.4. The van der Waals surface area contributed by atoms with Crippen LogP contribution in [0.1, 0.15) is 64.4 Å². The third kappa shape index (κ3) is 7.05. The Hall–Kier alpha value is -2.56. The molecule has 2 unspecified atom stereocenters. The van der Waals surface area contributed by atoms with Gasteiger partial charge in [-0.15, -0.1) is 0 Å². The maximum absolute atomic E-state index is 12.4. The van der Waals surface area contributed by atoms with Gasteiger partial charge in [0.2, 0.25) is 0 Å².